The number of nitrogens with one attached hydrogen (secondary N) is 2. The van der Waals surface area contributed by atoms with E-state index in [1.54, 1.807) is 6.07 Å². The summed E-state index contributed by atoms with van der Waals surface area (Å²) in [6, 6.07) is 4.86. The maximum absolute atomic E-state index is 14.1. The van der Waals surface area contributed by atoms with Crippen molar-refractivity contribution in [2.75, 3.05) is 24.5 Å². The molecule has 4 nitrogen and oxygen atoms in total. The van der Waals surface area contributed by atoms with Gasteiger partial charge in [-0.05, 0) is 25.1 Å². The first-order chi connectivity index (χ1) is 9.69. The van der Waals surface area contributed by atoms with Crippen LogP contribution in [0.2, 0.25) is 0 Å². The average molecular weight is 279 g/mol. The summed E-state index contributed by atoms with van der Waals surface area (Å²) in [5, 5.41) is 6.03. The van der Waals surface area contributed by atoms with E-state index in [2.05, 4.69) is 10.6 Å². The van der Waals surface area contributed by atoms with E-state index in [9.17, 15) is 9.18 Å². The van der Waals surface area contributed by atoms with Gasteiger partial charge in [-0.1, -0.05) is 19.9 Å². The molecule has 1 saturated heterocycles. The van der Waals surface area contributed by atoms with Crippen molar-refractivity contribution in [2.24, 2.45) is 0 Å². The molecular formula is C15H22FN3O. The Balaban J connectivity index is 2.34. The van der Waals surface area contributed by atoms with E-state index in [0.29, 0.717) is 31.6 Å². The second-order valence-corrected chi connectivity index (χ2v) is 4.93. The average Bonchev–Trinajstić information content (AvgIpc) is 2.45. The van der Waals surface area contributed by atoms with E-state index < -0.39 is 0 Å². The molecule has 1 atom stereocenters. The van der Waals surface area contributed by atoms with Crippen LogP contribution in [0.4, 0.5) is 10.1 Å². The zero-order valence-electron chi connectivity index (χ0n) is 12.1. The van der Waals surface area contributed by atoms with Gasteiger partial charge >= 0.3 is 0 Å². The zero-order valence-corrected chi connectivity index (χ0v) is 12.1. The van der Waals surface area contributed by atoms with Crippen LogP contribution in [-0.4, -0.2) is 31.6 Å². The van der Waals surface area contributed by atoms with Gasteiger partial charge in [0.2, 0.25) is 5.91 Å². The fourth-order valence-corrected chi connectivity index (χ4v) is 2.65. The number of carbonyl (C=O) groups is 1. The fraction of sp³-hybridized carbons (Fsp3) is 0.533. The Labute approximate surface area is 119 Å². The number of amides is 1. The molecule has 5 heteroatoms. The highest BCUT2D eigenvalue weighted by molar-refractivity contribution is 5.86. The molecule has 20 heavy (non-hydrogen) atoms. The summed E-state index contributed by atoms with van der Waals surface area (Å²) in [4.78, 5) is 14.0. The molecule has 1 unspecified atom stereocenters. The Hall–Kier alpha value is -1.62. The minimum absolute atomic E-state index is 0.0254. The van der Waals surface area contributed by atoms with Gasteiger partial charge in [0.25, 0.3) is 0 Å². The molecule has 0 aromatic heterocycles. The molecule has 0 radical (unpaired) electrons. The van der Waals surface area contributed by atoms with Crippen LogP contribution in [0.1, 0.15) is 25.8 Å². The molecule has 1 aromatic rings. The van der Waals surface area contributed by atoms with Crippen molar-refractivity contribution in [2.45, 2.75) is 32.9 Å². The molecule has 0 bridgehead atoms. The van der Waals surface area contributed by atoms with Gasteiger partial charge in [-0.15, -0.1) is 0 Å². The Bertz CT molecular complexity index is 478. The minimum atomic E-state index is -0.218. The van der Waals surface area contributed by atoms with Crippen molar-refractivity contribution in [3.63, 3.8) is 0 Å². The third-order valence-electron chi connectivity index (χ3n) is 3.67. The molecule has 1 amide bonds. The van der Waals surface area contributed by atoms with Crippen LogP contribution >= 0.6 is 0 Å². The van der Waals surface area contributed by atoms with E-state index in [-0.39, 0.29) is 17.8 Å². The molecule has 110 valence electrons. The number of rotatable bonds is 5. The molecule has 2 rings (SSSR count). The lowest BCUT2D eigenvalue weighted by Crippen LogP contribution is -2.55. The second-order valence-electron chi connectivity index (χ2n) is 4.93. The van der Waals surface area contributed by atoms with Crippen molar-refractivity contribution >= 4 is 11.6 Å². The molecule has 1 heterocycles. The normalized spacial score (nSPS) is 19.1. The van der Waals surface area contributed by atoms with Gasteiger partial charge in [-0.25, -0.2) is 4.39 Å². The monoisotopic (exact) mass is 279 g/mol. The van der Waals surface area contributed by atoms with Gasteiger partial charge in [0.05, 0.1) is 0 Å². The van der Waals surface area contributed by atoms with Crippen molar-refractivity contribution in [1.82, 2.24) is 10.6 Å². The van der Waals surface area contributed by atoms with E-state index in [1.165, 1.54) is 6.07 Å². The predicted molar refractivity (Wildman–Crippen MR) is 78.2 cm³/mol. The van der Waals surface area contributed by atoms with Crippen LogP contribution in [-0.2, 0) is 11.3 Å². The third-order valence-corrected chi connectivity index (χ3v) is 3.67. The van der Waals surface area contributed by atoms with Crippen molar-refractivity contribution < 1.29 is 9.18 Å². The molecule has 2 N–H and O–H groups in total. The van der Waals surface area contributed by atoms with Crippen molar-refractivity contribution in [3.05, 3.63) is 29.6 Å². The summed E-state index contributed by atoms with van der Waals surface area (Å²) in [6.45, 7) is 6.55. The number of nitrogens with zero attached hydrogens (tertiary/aromatic N) is 1. The highest BCUT2D eigenvalue weighted by Gasteiger charge is 2.29. The van der Waals surface area contributed by atoms with Crippen LogP contribution in [0.5, 0.6) is 0 Å². The van der Waals surface area contributed by atoms with E-state index in [4.69, 9.17) is 0 Å². The van der Waals surface area contributed by atoms with Gasteiger partial charge in [-0.3, -0.25) is 4.79 Å². The molecule has 1 aliphatic heterocycles. The molecule has 0 saturated carbocycles. The van der Waals surface area contributed by atoms with E-state index in [0.717, 1.165) is 12.2 Å². The highest BCUT2D eigenvalue weighted by atomic mass is 19.1. The number of anilines is 1. The minimum Gasteiger partial charge on any atom is -0.357 e. The van der Waals surface area contributed by atoms with Crippen LogP contribution in [0.15, 0.2) is 18.2 Å². The molecule has 1 aliphatic rings. The maximum Gasteiger partial charge on any atom is 0.242 e. The summed E-state index contributed by atoms with van der Waals surface area (Å²) in [5.41, 5.74) is 1.47. The van der Waals surface area contributed by atoms with Gasteiger partial charge in [-0.2, -0.15) is 0 Å². The summed E-state index contributed by atoms with van der Waals surface area (Å²) >= 11 is 0. The quantitative estimate of drug-likeness (QED) is 0.861. The van der Waals surface area contributed by atoms with Gasteiger partial charge in [0, 0.05) is 30.9 Å². The standard InChI is InChI=1S/C15H22FN3O/c1-3-13-15(20)18-8-9-19(13)14-7-5-6-12(16)11(14)10-17-4-2/h5-7,13,17H,3-4,8-10H2,1-2H3,(H,18,20). The highest BCUT2D eigenvalue weighted by Crippen LogP contribution is 2.27. The van der Waals surface area contributed by atoms with E-state index in [1.807, 2.05) is 24.8 Å². The first-order valence-electron chi connectivity index (χ1n) is 7.21. The van der Waals surface area contributed by atoms with Gasteiger partial charge in [0.1, 0.15) is 11.9 Å². The Morgan fingerprint density at radius 3 is 2.95 bits per heavy atom. The first kappa shape index (κ1) is 14.8. The third kappa shape index (κ3) is 2.93. The second kappa shape index (κ2) is 6.70. The van der Waals surface area contributed by atoms with Gasteiger partial charge < -0.3 is 15.5 Å². The predicted octanol–water partition coefficient (Wildman–Crippen LogP) is 1.65. The Morgan fingerprint density at radius 1 is 1.45 bits per heavy atom. The van der Waals surface area contributed by atoms with Crippen LogP contribution in [0.3, 0.4) is 0 Å². The number of carbonyl (C=O) groups excluding carboxylic acids is 1. The largest absolute Gasteiger partial charge is 0.357 e. The molecule has 0 aliphatic carbocycles. The lowest BCUT2D eigenvalue weighted by molar-refractivity contribution is -0.123. The molecular weight excluding hydrogens is 257 g/mol. The lowest BCUT2D eigenvalue weighted by Gasteiger charge is -2.37. The van der Waals surface area contributed by atoms with Gasteiger partial charge in [0.15, 0.2) is 0 Å². The Kier molecular flexibility index (Phi) is 4.95. The van der Waals surface area contributed by atoms with Crippen LogP contribution < -0.4 is 15.5 Å². The number of benzene rings is 1. The van der Waals surface area contributed by atoms with Crippen molar-refractivity contribution in [3.8, 4) is 0 Å². The summed E-state index contributed by atoms with van der Waals surface area (Å²) in [5.74, 6) is -0.193. The number of hydrogen-bond acceptors (Lipinski definition) is 3. The smallest absolute Gasteiger partial charge is 0.242 e. The van der Waals surface area contributed by atoms with E-state index >= 15 is 0 Å². The first-order valence-corrected chi connectivity index (χ1v) is 7.21. The Morgan fingerprint density at radius 2 is 2.25 bits per heavy atom. The number of piperazine rings is 1. The van der Waals surface area contributed by atoms with Crippen LogP contribution in [0, 0.1) is 5.82 Å². The SMILES string of the molecule is CCNCc1c(F)cccc1N1CCNC(=O)C1CC. The molecule has 0 spiro atoms. The van der Waals surface area contributed by atoms with Crippen molar-refractivity contribution in [1.29, 1.82) is 0 Å². The summed E-state index contributed by atoms with van der Waals surface area (Å²) < 4.78 is 14.1. The summed E-state index contributed by atoms with van der Waals surface area (Å²) in [6.07, 6.45) is 0.711. The molecule has 1 fully saturated rings. The lowest BCUT2D eigenvalue weighted by atomic mass is 10.0. The maximum atomic E-state index is 14.1. The van der Waals surface area contributed by atoms with Crippen LogP contribution in [0.25, 0.3) is 0 Å². The zero-order chi connectivity index (χ0) is 14.5. The topological polar surface area (TPSA) is 44.4 Å². The fourth-order valence-electron chi connectivity index (χ4n) is 2.65. The molecule has 1 aromatic carbocycles. The number of hydrogen-bond donors (Lipinski definition) is 2. The summed E-state index contributed by atoms with van der Waals surface area (Å²) in [7, 11) is 0. The number of halogens is 1.